The molecule has 0 heterocycles. The molecule has 0 aromatic heterocycles. The van der Waals surface area contributed by atoms with Gasteiger partial charge in [0.15, 0.2) is 0 Å². The zero-order chi connectivity index (χ0) is 35.7. The maximum atomic E-state index is 14.8. The van der Waals surface area contributed by atoms with Crippen molar-refractivity contribution < 1.29 is 27.5 Å². The maximum Gasteiger partial charge on any atom is 0.264 e. The molecule has 4 aromatic carbocycles. The summed E-state index contributed by atoms with van der Waals surface area (Å²) in [5, 5.41) is 3.60. The molecule has 0 aliphatic rings. The minimum atomic E-state index is -4.38. The summed E-state index contributed by atoms with van der Waals surface area (Å²) in [6.45, 7) is 4.80. The lowest BCUT2D eigenvalue weighted by atomic mass is 10.0. The van der Waals surface area contributed by atoms with E-state index in [4.69, 9.17) is 32.7 Å². The molecule has 4 rings (SSSR count). The molecule has 12 heteroatoms. The van der Waals surface area contributed by atoms with Gasteiger partial charge in [-0.25, -0.2) is 8.42 Å². The number of benzene rings is 4. The molecule has 2 atom stereocenters. The fourth-order valence-corrected chi connectivity index (χ4v) is 7.12. The number of ether oxygens (including phenoxy) is 2. The van der Waals surface area contributed by atoms with Crippen LogP contribution in [-0.2, 0) is 32.6 Å². The van der Waals surface area contributed by atoms with Crippen LogP contribution in [0.5, 0.6) is 11.5 Å². The average molecular weight is 727 g/mol. The Hall–Kier alpha value is -4.25. The minimum Gasteiger partial charge on any atom is -0.497 e. The van der Waals surface area contributed by atoms with E-state index in [-0.39, 0.29) is 35.3 Å². The number of amides is 2. The predicted molar refractivity (Wildman–Crippen MR) is 194 cm³/mol. The van der Waals surface area contributed by atoms with Crippen LogP contribution < -0.4 is 19.1 Å². The summed E-state index contributed by atoms with van der Waals surface area (Å²) in [5.74, 6) is -0.527. The van der Waals surface area contributed by atoms with Crippen LogP contribution >= 0.6 is 23.2 Å². The summed E-state index contributed by atoms with van der Waals surface area (Å²) in [6, 6.07) is 24.0. The van der Waals surface area contributed by atoms with Crippen molar-refractivity contribution in [3.8, 4) is 11.5 Å². The van der Waals surface area contributed by atoms with E-state index in [1.165, 1.54) is 37.3 Å². The Bertz CT molecular complexity index is 1840. The van der Waals surface area contributed by atoms with Crippen LogP contribution in [0, 0.1) is 6.92 Å². The first kappa shape index (κ1) is 37.6. The molecule has 0 unspecified atom stereocenters. The van der Waals surface area contributed by atoms with Crippen LogP contribution in [0.25, 0.3) is 0 Å². The summed E-state index contributed by atoms with van der Waals surface area (Å²) in [6.07, 6.45) is 0.802. The van der Waals surface area contributed by atoms with Gasteiger partial charge >= 0.3 is 0 Å². The molecule has 0 bridgehead atoms. The van der Waals surface area contributed by atoms with Gasteiger partial charge in [0.2, 0.25) is 11.8 Å². The highest BCUT2D eigenvalue weighted by atomic mass is 35.5. The van der Waals surface area contributed by atoms with Gasteiger partial charge in [-0.1, -0.05) is 84.2 Å². The van der Waals surface area contributed by atoms with Gasteiger partial charge in [-0.3, -0.25) is 13.9 Å². The number of hydrogen-bond donors (Lipinski definition) is 1. The van der Waals surface area contributed by atoms with Crippen LogP contribution in [0.4, 0.5) is 5.69 Å². The fourth-order valence-electron chi connectivity index (χ4n) is 5.19. The summed E-state index contributed by atoms with van der Waals surface area (Å²) >= 11 is 13.2. The van der Waals surface area contributed by atoms with Crippen molar-refractivity contribution in [1.82, 2.24) is 10.2 Å². The van der Waals surface area contributed by atoms with Gasteiger partial charge < -0.3 is 19.7 Å². The Morgan fingerprint density at radius 3 is 2.12 bits per heavy atom. The highest BCUT2D eigenvalue weighted by Crippen LogP contribution is 2.36. The quantitative estimate of drug-likeness (QED) is 0.141. The summed E-state index contributed by atoms with van der Waals surface area (Å²) in [7, 11) is -1.52. The summed E-state index contributed by atoms with van der Waals surface area (Å²) in [4.78, 5) is 30.2. The number of rotatable bonds is 15. The number of aryl methyl sites for hydroxylation is 1. The number of methoxy groups -OCH3 is 2. The standard InChI is InChI=1S/C37H41Cl2N3O6S/c1-6-26(3)40-37(44)34(21-27-11-8-7-9-12-27)41(23-30-31(38)13-10-14-32(30)39)36(43)24-42(33-22-28(47-4)17-20-35(33)48-5)49(45,46)29-18-15-25(2)16-19-29/h7-20,22,26,34H,6,21,23-24H2,1-5H3,(H,40,44)/t26-,34-/m1/s1. The third-order valence-electron chi connectivity index (χ3n) is 8.20. The van der Waals surface area contributed by atoms with Gasteiger partial charge in [-0.2, -0.15) is 0 Å². The monoisotopic (exact) mass is 725 g/mol. The van der Waals surface area contributed by atoms with E-state index in [1.807, 2.05) is 51.1 Å². The molecule has 49 heavy (non-hydrogen) atoms. The molecular formula is C37H41Cl2N3O6S. The number of anilines is 1. The molecule has 0 fully saturated rings. The number of sulfonamides is 1. The number of hydrogen-bond acceptors (Lipinski definition) is 6. The van der Waals surface area contributed by atoms with Gasteiger partial charge in [-0.05, 0) is 62.2 Å². The van der Waals surface area contributed by atoms with E-state index in [0.717, 1.165) is 15.4 Å². The molecule has 9 nitrogen and oxygen atoms in total. The van der Waals surface area contributed by atoms with Gasteiger partial charge in [0.05, 0.1) is 24.8 Å². The van der Waals surface area contributed by atoms with Crippen molar-refractivity contribution in [2.75, 3.05) is 25.1 Å². The molecule has 0 radical (unpaired) electrons. The van der Waals surface area contributed by atoms with Crippen LogP contribution in [0.1, 0.15) is 37.0 Å². The highest BCUT2D eigenvalue weighted by Gasteiger charge is 2.36. The lowest BCUT2D eigenvalue weighted by Gasteiger charge is -2.35. The van der Waals surface area contributed by atoms with Crippen molar-refractivity contribution in [2.24, 2.45) is 0 Å². The molecule has 4 aromatic rings. The van der Waals surface area contributed by atoms with E-state index in [0.29, 0.717) is 27.8 Å². The molecule has 2 amide bonds. The number of halogens is 2. The normalized spacial score (nSPS) is 12.5. The van der Waals surface area contributed by atoms with E-state index >= 15 is 0 Å². The highest BCUT2D eigenvalue weighted by molar-refractivity contribution is 7.92. The molecule has 0 saturated heterocycles. The Morgan fingerprint density at radius 1 is 0.878 bits per heavy atom. The van der Waals surface area contributed by atoms with Gasteiger partial charge in [0.1, 0.15) is 24.1 Å². The van der Waals surface area contributed by atoms with Crippen LogP contribution in [0.2, 0.25) is 10.0 Å². The molecular weight excluding hydrogens is 685 g/mol. The summed E-state index contributed by atoms with van der Waals surface area (Å²) in [5.41, 5.74) is 2.16. The largest absolute Gasteiger partial charge is 0.497 e. The summed E-state index contributed by atoms with van der Waals surface area (Å²) < 4.78 is 40.9. The average Bonchev–Trinajstić information content (AvgIpc) is 3.09. The minimum absolute atomic E-state index is 0.0354. The van der Waals surface area contributed by atoms with Crippen molar-refractivity contribution >= 4 is 50.7 Å². The van der Waals surface area contributed by atoms with Crippen molar-refractivity contribution in [2.45, 2.75) is 57.1 Å². The van der Waals surface area contributed by atoms with E-state index in [2.05, 4.69) is 5.32 Å². The number of carbonyl (C=O) groups excluding carboxylic acids is 2. The molecule has 0 saturated carbocycles. The van der Waals surface area contributed by atoms with E-state index < -0.39 is 34.4 Å². The Labute approximate surface area is 298 Å². The Kier molecular flexibility index (Phi) is 13.0. The first-order valence-corrected chi connectivity index (χ1v) is 18.0. The molecule has 0 spiro atoms. The van der Waals surface area contributed by atoms with Crippen LogP contribution in [-0.4, -0.2) is 58.0 Å². The number of carbonyl (C=O) groups is 2. The van der Waals surface area contributed by atoms with Crippen molar-refractivity contribution in [3.63, 3.8) is 0 Å². The number of nitrogens with zero attached hydrogens (tertiary/aromatic N) is 2. The zero-order valence-corrected chi connectivity index (χ0v) is 30.5. The Balaban J connectivity index is 1.90. The maximum absolute atomic E-state index is 14.8. The second kappa shape index (κ2) is 16.9. The molecule has 0 aliphatic heterocycles. The van der Waals surface area contributed by atoms with Crippen LogP contribution in [0.3, 0.4) is 0 Å². The van der Waals surface area contributed by atoms with Gasteiger partial charge in [0, 0.05) is 40.7 Å². The first-order valence-electron chi connectivity index (χ1n) is 15.8. The fraction of sp³-hybridized carbons (Fsp3) is 0.297. The zero-order valence-electron chi connectivity index (χ0n) is 28.2. The van der Waals surface area contributed by atoms with E-state index in [1.54, 1.807) is 42.5 Å². The van der Waals surface area contributed by atoms with Gasteiger partial charge in [-0.15, -0.1) is 0 Å². The lowest BCUT2D eigenvalue weighted by molar-refractivity contribution is -0.140. The van der Waals surface area contributed by atoms with E-state index in [9.17, 15) is 18.0 Å². The van der Waals surface area contributed by atoms with Crippen LogP contribution in [0.15, 0.2) is 95.9 Å². The second-order valence-electron chi connectivity index (χ2n) is 11.6. The number of nitrogens with one attached hydrogen (secondary N) is 1. The predicted octanol–water partition coefficient (Wildman–Crippen LogP) is 7.07. The smallest absolute Gasteiger partial charge is 0.264 e. The van der Waals surface area contributed by atoms with Crippen molar-refractivity contribution in [1.29, 1.82) is 0 Å². The molecule has 260 valence electrons. The first-order chi connectivity index (χ1) is 23.4. The Morgan fingerprint density at radius 2 is 1.53 bits per heavy atom. The third kappa shape index (κ3) is 9.26. The topological polar surface area (TPSA) is 105 Å². The SMILES string of the molecule is CC[C@@H](C)NC(=O)[C@@H](Cc1ccccc1)N(Cc1c(Cl)cccc1Cl)C(=O)CN(c1cc(OC)ccc1OC)S(=O)(=O)c1ccc(C)cc1. The second-order valence-corrected chi connectivity index (χ2v) is 14.3. The third-order valence-corrected chi connectivity index (χ3v) is 10.7. The molecule has 0 aliphatic carbocycles. The lowest BCUT2D eigenvalue weighted by Crippen LogP contribution is -2.54. The molecule has 1 N–H and O–H groups in total. The van der Waals surface area contributed by atoms with Crippen molar-refractivity contribution in [3.05, 3.63) is 118 Å². The van der Waals surface area contributed by atoms with Gasteiger partial charge in [0.25, 0.3) is 10.0 Å².